The highest BCUT2D eigenvalue weighted by molar-refractivity contribution is 6.30. The molecule has 18 heavy (non-hydrogen) atoms. The molecule has 2 N–H and O–H groups in total. The van der Waals surface area contributed by atoms with Gasteiger partial charge in [0.05, 0.1) is 23.1 Å². The van der Waals surface area contributed by atoms with Crippen molar-refractivity contribution >= 4 is 11.6 Å². The van der Waals surface area contributed by atoms with Crippen LogP contribution in [0.2, 0.25) is 5.02 Å². The van der Waals surface area contributed by atoms with E-state index in [4.69, 9.17) is 17.3 Å². The molecule has 5 nitrogen and oxygen atoms in total. The lowest BCUT2D eigenvalue weighted by molar-refractivity contribution is 0.636. The van der Waals surface area contributed by atoms with Gasteiger partial charge in [-0.05, 0) is 19.8 Å². The molecule has 0 aliphatic carbocycles. The van der Waals surface area contributed by atoms with Gasteiger partial charge in [-0.2, -0.15) is 10.2 Å². The van der Waals surface area contributed by atoms with Crippen LogP contribution in [0.3, 0.4) is 0 Å². The topological polar surface area (TPSA) is 61.7 Å². The Bertz CT molecular complexity index is 543. The fraction of sp³-hybridized carbons (Fsp3) is 0.500. The van der Waals surface area contributed by atoms with Crippen LogP contribution < -0.4 is 5.73 Å². The van der Waals surface area contributed by atoms with Crippen molar-refractivity contribution < 1.29 is 0 Å². The predicted molar refractivity (Wildman–Crippen MR) is 72.0 cm³/mol. The lowest BCUT2D eigenvalue weighted by Crippen LogP contribution is -2.22. The summed E-state index contributed by atoms with van der Waals surface area (Å²) >= 11 is 5.92. The van der Waals surface area contributed by atoms with Gasteiger partial charge < -0.3 is 5.73 Å². The van der Waals surface area contributed by atoms with E-state index in [1.54, 1.807) is 17.1 Å². The molecule has 0 saturated heterocycles. The first-order valence-electron chi connectivity index (χ1n) is 6.01. The second-order valence-electron chi connectivity index (χ2n) is 4.49. The zero-order valence-corrected chi connectivity index (χ0v) is 11.6. The summed E-state index contributed by atoms with van der Waals surface area (Å²) in [5.41, 5.74) is 8.16. The van der Waals surface area contributed by atoms with E-state index in [-0.39, 0.29) is 6.04 Å². The Labute approximate surface area is 112 Å². The second-order valence-corrected chi connectivity index (χ2v) is 4.92. The maximum Gasteiger partial charge on any atom is 0.155 e. The number of halogens is 1. The second kappa shape index (κ2) is 5.12. The monoisotopic (exact) mass is 267 g/mol. The number of nitrogens with zero attached hydrogens (tertiary/aromatic N) is 4. The van der Waals surface area contributed by atoms with Gasteiger partial charge in [0, 0.05) is 18.7 Å². The van der Waals surface area contributed by atoms with E-state index in [0.717, 1.165) is 29.9 Å². The molecule has 98 valence electrons. The molecule has 2 aromatic heterocycles. The molecular weight excluding hydrogens is 250 g/mol. The molecule has 0 radical (unpaired) electrons. The number of nitrogens with two attached hydrogens (primary N) is 1. The lowest BCUT2D eigenvalue weighted by Gasteiger charge is -2.10. The maximum absolute atomic E-state index is 6.04. The molecule has 2 heterocycles. The normalized spacial score (nSPS) is 12.9. The highest BCUT2D eigenvalue weighted by atomic mass is 35.5. The van der Waals surface area contributed by atoms with Crippen molar-refractivity contribution in [3.05, 3.63) is 28.7 Å². The largest absolute Gasteiger partial charge is 0.327 e. The summed E-state index contributed by atoms with van der Waals surface area (Å²) in [6.07, 6.45) is 5.13. The Morgan fingerprint density at radius 1 is 1.50 bits per heavy atom. The fourth-order valence-electron chi connectivity index (χ4n) is 2.04. The number of hydrogen-bond donors (Lipinski definition) is 1. The van der Waals surface area contributed by atoms with Crippen LogP contribution in [0.25, 0.3) is 5.82 Å². The van der Waals surface area contributed by atoms with Crippen LogP contribution in [-0.4, -0.2) is 25.6 Å². The summed E-state index contributed by atoms with van der Waals surface area (Å²) in [6, 6.07) is 0.137. The molecule has 1 unspecified atom stereocenters. The Morgan fingerprint density at radius 2 is 2.22 bits per heavy atom. The van der Waals surface area contributed by atoms with Crippen LogP contribution >= 0.6 is 11.6 Å². The number of hydrogen-bond acceptors (Lipinski definition) is 3. The van der Waals surface area contributed by atoms with Gasteiger partial charge in [-0.15, -0.1) is 0 Å². The molecule has 2 aromatic rings. The molecule has 0 aliphatic heterocycles. The SMILES string of the molecule is CCC(N)Cc1c(C)nn(C)c1-n1cc(Cl)cn1. The minimum Gasteiger partial charge on any atom is -0.327 e. The summed E-state index contributed by atoms with van der Waals surface area (Å²) in [6.45, 7) is 4.08. The van der Waals surface area contributed by atoms with Gasteiger partial charge in [-0.25, -0.2) is 4.68 Å². The predicted octanol–water partition coefficient (Wildman–Crippen LogP) is 1.85. The van der Waals surface area contributed by atoms with Gasteiger partial charge in [0.2, 0.25) is 0 Å². The van der Waals surface area contributed by atoms with Crippen LogP contribution in [0.15, 0.2) is 12.4 Å². The molecule has 2 rings (SSSR count). The zero-order valence-electron chi connectivity index (χ0n) is 10.9. The van der Waals surface area contributed by atoms with E-state index < -0.39 is 0 Å². The van der Waals surface area contributed by atoms with Crippen LogP contribution in [0, 0.1) is 6.92 Å². The molecule has 0 fully saturated rings. The molecule has 0 spiro atoms. The lowest BCUT2D eigenvalue weighted by atomic mass is 10.0. The van der Waals surface area contributed by atoms with Crippen molar-refractivity contribution in [2.75, 3.05) is 0 Å². The minimum atomic E-state index is 0.137. The molecule has 0 bridgehead atoms. The van der Waals surface area contributed by atoms with Crippen molar-refractivity contribution in [3.8, 4) is 5.82 Å². The maximum atomic E-state index is 6.04. The number of aryl methyl sites for hydroxylation is 2. The van der Waals surface area contributed by atoms with E-state index in [2.05, 4.69) is 17.1 Å². The van der Waals surface area contributed by atoms with Gasteiger partial charge >= 0.3 is 0 Å². The highest BCUT2D eigenvalue weighted by Crippen LogP contribution is 2.20. The molecule has 0 aromatic carbocycles. The van der Waals surface area contributed by atoms with E-state index >= 15 is 0 Å². The zero-order chi connectivity index (χ0) is 13.3. The first-order valence-corrected chi connectivity index (χ1v) is 6.39. The minimum absolute atomic E-state index is 0.137. The molecule has 0 saturated carbocycles. The van der Waals surface area contributed by atoms with Crippen molar-refractivity contribution in [3.63, 3.8) is 0 Å². The van der Waals surface area contributed by atoms with Gasteiger partial charge in [0.1, 0.15) is 0 Å². The third-order valence-electron chi connectivity index (χ3n) is 3.07. The summed E-state index contributed by atoms with van der Waals surface area (Å²) in [4.78, 5) is 0. The Morgan fingerprint density at radius 3 is 2.78 bits per heavy atom. The van der Waals surface area contributed by atoms with Gasteiger partial charge in [0.25, 0.3) is 0 Å². The quantitative estimate of drug-likeness (QED) is 0.920. The van der Waals surface area contributed by atoms with Gasteiger partial charge in [-0.1, -0.05) is 18.5 Å². The average Bonchev–Trinajstić information content (AvgIpc) is 2.84. The fourth-order valence-corrected chi connectivity index (χ4v) is 2.17. The van der Waals surface area contributed by atoms with Crippen molar-refractivity contribution in [2.24, 2.45) is 12.8 Å². The third kappa shape index (κ3) is 2.42. The average molecular weight is 268 g/mol. The van der Waals surface area contributed by atoms with E-state index in [1.165, 1.54) is 0 Å². The van der Waals surface area contributed by atoms with Gasteiger partial charge in [0.15, 0.2) is 5.82 Å². The molecule has 1 atom stereocenters. The highest BCUT2D eigenvalue weighted by Gasteiger charge is 2.17. The van der Waals surface area contributed by atoms with Crippen LogP contribution in [0.5, 0.6) is 0 Å². The van der Waals surface area contributed by atoms with E-state index in [9.17, 15) is 0 Å². The smallest absolute Gasteiger partial charge is 0.155 e. The molecular formula is C12H18ClN5. The third-order valence-corrected chi connectivity index (χ3v) is 3.27. The van der Waals surface area contributed by atoms with Crippen molar-refractivity contribution in [1.82, 2.24) is 19.6 Å². The van der Waals surface area contributed by atoms with Crippen molar-refractivity contribution in [1.29, 1.82) is 0 Å². The number of rotatable bonds is 4. The summed E-state index contributed by atoms with van der Waals surface area (Å²) in [5.74, 6) is 0.934. The van der Waals surface area contributed by atoms with Gasteiger partial charge in [-0.3, -0.25) is 4.68 Å². The number of aromatic nitrogens is 4. The first kappa shape index (κ1) is 13.1. The van der Waals surface area contributed by atoms with E-state index in [1.807, 2.05) is 18.7 Å². The Kier molecular flexibility index (Phi) is 3.73. The van der Waals surface area contributed by atoms with Crippen LogP contribution in [-0.2, 0) is 13.5 Å². The standard InChI is InChI=1S/C12H18ClN5/c1-4-10(14)5-11-8(2)16-17(3)12(11)18-7-9(13)6-15-18/h6-7,10H,4-5,14H2,1-3H3. The Balaban J connectivity index is 2.45. The first-order chi connectivity index (χ1) is 8.52. The molecule has 0 aliphatic rings. The molecule has 6 heteroatoms. The van der Waals surface area contributed by atoms with Crippen LogP contribution in [0.4, 0.5) is 0 Å². The van der Waals surface area contributed by atoms with Crippen molar-refractivity contribution in [2.45, 2.75) is 32.7 Å². The summed E-state index contributed by atoms with van der Waals surface area (Å²) in [7, 11) is 1.90. The van der Waals surface area contributed by atoms with E-state index in [0.29, 0.717) is 5.02 Å². The summed E-state index contributed by atoms with van der Waals surface area (Å²) in [5, 5.41) is 9.29. The van der Waals surface area contributed by atoms with Crippen LogP contribution in [0.1, 0.15) is 24.6 Å². The molecule has 0 amide bonds. The Hall–Kier alpha value is -1.33. The summed E-state index contributed by atoms with van der Waals surface area (Å²) < 4.78 is 3.57.